The predicted molar refractivity (Wildman–Crippen MR) is 77.3 cm³/mol. The Hall–Kier alpha value is -0.630. The highest BCUT2D eigenvalue weighted by molar-refractivity contribution is 14.2. The van der Waals surface area contributed by atoms with Crippen LogP contribution in [0.1, 0.15) is 6.42 Å². The van der Waals surface area contributed by atoms with Gasteiger partial charge in [-0.05, 0) is 6.42 Å². The lowest BCUT2D eigenvalue weighted by Crippen LogP contribution is -2.36. The summed E-state index contributed by atoms with van der Waals surface area (Å²) in [6.07, 6.45) is -1.39. The van der Waals surface area contributed by atoms with Crippen LogP contribution in [0, 0.1) is 0 Å². The highest BCUT2D eigenvalue weighted by atomic mass is 127. The molecule has 1 amide bonds. The van der Waals surface area contributed by atoms with Crippen LogP contribution in [0.4, 0.5) is 4.79 Å². The molecule has 0 bridgehead atoms. The molecule has 0 spiro atoms. The van der Waals surface area contributed by atoms with E-state index < -0.39 is 41.5 Å². The summed E-state index contributed by atoms with van der Waals surface area (Å²) >= 11 is 1.20. The molecule has 12 heteroatoms. The summed E-state index contributed by atoms with van der Waals surface area (Å²) in [5, 5.41) is 0. The molecule has 0 aliphatic rings. The Morgan fingerprint density at radius 3 is 2.15 bits per heavy atom. The molecule has 0 rings (SSSR count). The van der Waals surface area contributed by atoms with Crippen LogP contribution in [-0.2, 0) is 31.3 Å². The number of carbonyl (C=O) groups is 2. The number of nitrogens with zero attached hydrogens (tertiary/aromatic N) is 1. The van der Waals surface area contributed by atoms with Gasteiger partial charge in [0.2, 0.25) is 17.0 Å². The lowest BCUT2D eigenvalue weighted by molar-refractivity contribution is -0.144. The quantitative estimate of drug-likeness (QED) is 0.299. The summed E-state index contributed by atoms with van der Waals surface area (Å²) in [6.45, 7) is -0.711. The Bertz CT molecular complexity index is 555. The minimum absolute atomic E-state index is 0.151. The summed E-state index contributed by atoms with van der Waals surface area (Å²) in [5.41, 5.74) is 0. The molecule has 0 aromatic rings. The molecule has 20 heavy (non-hydrogen) atoms. The molecule has 0 aliphatic carbocycles. The van der Waals surface area contributed by atoms with Gasteiger partial charge >= 0.3 is 12.1 Å². The molecule has 118 valence electrons. The Morgan fingerprint density at radius 2 is 1.70 bits per heavy atom. The smallest absolute Gasteiger partial charge is 0.423 e. The van der Waals surface area contributed by atoms with Gasteiger partial charge in [-0.25, -0.2) is 30.7 Å². The first kappa shape index (κ1) is 19.4. The first-order chi connectivity index (χ1) is 8.99. The molecule has 0 N–H and O–H groups in total. The Morgan fingerprint density at radius 1 is 1.15 bits per heavy atom. The number of ether oxygens (including phenoxy) is 2. The molecule has 0 aromatic carbocycles. The van der Waals surface area contributed by atoms with E-state index in [0.29, 0.717) is 4.31 Å². The molecular weight excluding hydrogens is 429 g/mol. The van der Waals surface area contributed by atoms with Crippen LogP contribution in [0.15, 0.2) is 0 Å². The molecule has 0 unspecified atom stereocenters. The first-order valence-electron chi connectivity index (χ1n) is 5.12. The van der Waals surface area contributed by atoms with E-state index in [4.69, 9.17) is 0 Å². The van der Waals surface area contributed by atoms with Gasteiger partial charge in [-0.3, -0.25) is 0 Å². The normalized spacial score (nSPS) is 11.8. The van der Waals surface area contributed by atoms with Gasteiger partial charge in [-0.2, -0.15) is 0 Å². The first-order valence-corrected chi connectivity index (χ1v) is 10.9. The van der Waals surface area contributed by atoms with Crippen LogP contribution in [-0.4, -0.2) is 65.5 Å². The lowest BCUT2D eigenvalue weighted by Gasteiger charge is -2.16. The molecule has 0 heterocycles. The van der Waals surface area contributed by atoms with Crippen molar-refractivity contribution in [3.05, 3.63) is 0 Å². The maximum absolute atomic E-state index is 11.7. The Kier molecular flexibility index (Phi) is 7.72. The Labute approximate surface area is 129 Å². The van der Waals surface area contributed by atoms with Crippen molar-refractivity contribution in [2.75, 3.05) is 32.3 Å². The van der Waals surface area contributed by atoms with E-state index in [0.717, 1.165) is 14.2 Å². The van der Waals surface area contributed by atoms with Crippen molar-refractivity contribution in [3.63, 3.8) is 0 Å². The number of hydrogen-bond donors (Lipinski definition) is 0. The zero-order chi connectivity index (χ0) is 16.0. The number of halogens is 1. The third-order valence-corrected chi connectivity index (χ3v) is 5.89. The zero-order valence-corrected chi connectivity index (χ0v) is 14.5. The fourth-order valence-corrected chi connectivity index (χ4v) is 3.60. The standard InChI is InChI=1S/C8H14INO8S2/c1-10(8(12)18-6-7(11)17-2)20(15,16)5-3-4-19(9,13)14/h3-6H2,1-2H3. The maximum Gasteiger partial charge on any atom is 0.423 e. The minimum atomic E-state index is -4.00. The monoisotopic (exact) mass is 443 g/mol. The highest BCUT2D eigenvalue weighted by Crippen LogP contribution is 2.08. The second-order valence-electron chi connectivity index (χ2n) is 3.51. The van der Waals surface area contributed by atoms with Crippen molar-refractivity contribution in [2.24, 2.45) is 0 Å². The predicted octanol–water partition coefficient (Wildman–Crippen LogP) is -0.288. The molecule has 0 aliphatic heterocycles. The second-order valence-corrected chi connectivity index (χ2v) is 11.1. The van der Waals surface area contributed by atoms with E-state index in [-0.39, 0.29) is 12.2 Å². The summed E-state index contributed by atoms with van der Waals surface area (Å²) < 4.78 is 54.0. The van der Waals surface area contributed by atoms with Crippen LogP contribution < -0.4 is 0 Å². The van der Waals surface area contributed by atoms with E-state index in [2.05, 4.69) is 9.47 Å². The maximum atomic E-state index is 11.7. The number of esters is 1. The minimum Gasteiger partial charge on any atom is -0.466 e. The van der Waals surface area contributed by atoms with E-state index in [9.17, 15) is 26.4 Å². The van der Waals surface area contributed by atoms with E-state index >= 15 is 0 Å². The molecule has 0 radical (unpaired) electrons. The molecule has 0 fully saturated rings. The molecule has 0 saturated heterocycles. The van der Waals surface area contributed by atoms with Gasteiger partial charge < -0.3 is 9.47 Å². The van der Waals surface area contributed by atoms with Gasteiger partial charge in [0.25, 0.3) is 0 Å². The fraction of sp³-hybridized carbons (Fsp3) is 0.750. The summed E-state index contributed by atoms with van der Waals surface area (Å²) in [4.78, 5) is 22.1. The van der Waals surface area contributed by atoms with Gasteiger partial charge in [0, 0.05) is 7.05 Å². The van der Waals surface area contributed by atoms with Crippen LogP contribution in [0.3, 0.4) is 0 Å². The largest absolute Gasteiger partial charge is 0.466 e. The van der Waals surface area contributed by atoms with Crippen LogP contribution in [0.25, 0.3) is 0 Å². The average Bonchev–Trinajstić information content (AvgIpc) is 2.32. The highest BCUT2D eigenvalue weighted by Gasteiger charge is 2.25. The molecule has 9 nitrogen and oxygen atoms in total. The van der Waals surface area contributed by atoms with Crippen molar-refractivity contribution in [3.8, 4) is 0 Å². The van der Waals surface area contributed by atoms with Crippen molar-refractivity contribution >= 4 is 50.3 Å². The number of carbonyl (C=O) groups excluding carboxylic acids is 2. The topological polar surface area (TPSA) is 124 Å². The molecule has 0 saturated carbocycles. The number of sulfonamides is 1. The number of hydrogen-bond acceptors (Lipinski definition) is 8. The van der Waals surface area contributed by atoms with Crippen LogP contribution in [0.5, 0.6) is 0 Å². The second kappa shape index (κ2) is 7.97. The van der Waals surface area contributed by atoms with Gasteiger partial charge in [0.1, 0.15) is 0 Å². The third kappa shape index (κ3) is 7.84. The number of amides is 1. The summed E-state index contributed by atoms with van der Waals surface area (Å²) in [6, 6.07) is 0. The van der Waals surface area contributed by atoms with Crippen molar-refractivity contribution in [2.45, 2.75) is 6.42 Å². The zero-order valence-electron chi connectivity index (χ0n) is 10.7. The third-order valence-electron chi connectivity index (χ3n) is 2.01. The summed E-state index contributed by atoms with van der Waals surface area (Å²) in [7, 11) is -5.27. The van der Waals surface area contributed by atoms with Crippen molar-refractivity contribution in [1.29, 1.82) is 0 Å². The molecular formula is C8H14INO8S2. The number of methoxy groups -OCH3 is 1. The fourth-order valence-electron chi connectivity index (χ4n) is 0.935. The lowest BCUT2D eigenvalue weighted by atomic mass is 10.6. The van der Waals surface area contributed by atoms with Crippen LogP contribution in [0.2, 0.25) is 0 Å². The molecule has 0 atom stereocenters. The van der Waals surface area contributed by atoms with Gasteiger partial charge in [0.15, 0.2) is 6.61 Å². The SMILES string of the molecule is COC(=O)COC(=O)N(C)S(=O)(=O)CCCS(=O)(=O)I. The van der Waals surface area contributed by atoms with Gasteiger partial charge in [-0.1, -0.05) is 0 Å². The van der Waals surface area contributed by atoms with E-state index in [1.54, 1.807) is 0 Å². The number of rotatable bonds is 7. The average molecular weight is 443 g/mol. The van der Waals surface area contributed by atoms with Gasteiger partial charge in [-0.15, -0.1) is 0 Å². The van der Waals surface area contributed by atoms with Gasteiger partial charge in [0.05, 0.1) is 39.8 Å². The molecule has 0 aromatic heterocycles. The van der Waals surface area contributed by atoms with E-state index in [1.807, 2.05) is 0 Å². The summed E-state index contributed by atoms with van der Waals surface area (Å²) in [5.74, 6) is -1.68. The Balaban J connectivity index is 4.46. The van der Waals surface area contributed by atoms with Crippen molar-refractivity contribution in [1.82, 2.24) is 4.31 Å². The van der Waals surface area contributed by atoms with Crippen LogP contribution >= 0.6 is 21.2 Å². The van der Waals surface area contributed by atoms with E-state index in [1.165, 1.54) is 21.2 Å². The van der Waals surface area contributed by atoms with Crippen molar-refractivity contribution < 1.29 is 35.9 Å².